The number of esters is 1. The molecule has 142 valence electrons. The second-order valence-electron chi connectivity index (χ2n) is 7.71. The number of ether oxygens (including phenoxy) is 4. The van der Waals surface area contributed by atoms with Crippen LogP contribution >= 0.6 is 0 Å². The summed E-state index contributed by atoms with van der Waals surface area (Å²) in [5, 5.41) is 11.8. The molecule has 6 atom stereocenters. The van der Waals surface area contributed by atoms with Gasteiger partial charge in [-0.15, -0.1) is 0 Å². The largest absolute Gasteiger partial charge is 0.459 e. The molecule has 3 aliphatic rings. The number of methoxy groups -OCH3 is 1. The van der Waals surface area contributed by atoms with Crippen molar-refractivity contribution < 1.29 is 28.8 Å². The Morgan fingerprint density at radius 3 is 2.64 bits per heavy atom. The van der Waals surface area contributed by atoms with E-state index < -0.39 is 35.0 Å². The first-order valence-corrected chi connectivity index (χ1v) is 8.84. The highest BCUT2D eigenvalue weighted by atomic mass is 16.7. The Bertz CT molecular complexity index is 570. The molecule has 3 fully saturated rings. The van der Waals surface area contributed by atoms with Crippen LogP contribution in [0.3, 0.4) is 0 Å². The van der Waals surface area contributed by atoms with Crippen molar-refractivity contribution in [3.63, 3.8) is 0 Å². The van der Waals surface area contributed by atoms with Crippen molar-refractivity contribution in [2.45, 2.75) is 75.1 Å². The fourth-order valence-corrected chi connectivity index (χ4v) is 4.30. The molecule has 0 bridgehead atoms. The van der Waals surface area contributed by atoms with Crippen molar-refractivity contribution in [3.8, 4) is 0 Å². The second-order valence-corrected chi connectivity index (χ2v) is 7.71. The molecule has 1 unspecified atom stereocenters. The highest BCUT2D eigenvalue weighted by Gasteiger charge is 2.81. The Hall–Kier alpha value is -0.990. The van der Waals surface area contributed by atoms with Gasteiger partial charge in [0.05, 0.1) is 19.3 Å². The summed E-state index contributed by atoms with van der Waals surface area (Å²) in [5.74, 6) is -0.509. The minimum atomic E-state index is -1.40. The third kappa shape index (κ3) is 2.82. The molecule has 0 aromatic carbocycles. The SMILES string of the molecule is CO[C@@H]1[C@H](OC(=O)CN)CC[C@]2(CO2)[C@@]1(O)[C@@]1(C)OC1CC=C(C)C. The van der Waals surface area contributed by atoms with Crippen molar-refractivity contribution in [2.24, 2.45) is 5.73 Å². The minimum absolute atomic E-state index is 0.130. The van der Waals surface area contributed by atoms with Crippen molar-refractivity contribution in [1.82, 2.24) is 0 Å². The number of carbonyl (C=O) groups excluding carboxylic acids is 1. The lowest BCUT2D eigenvalue weighted by molar-refractivity contribution is -0.231. The maximum atomic E-state index is 11.8. The van der Waals surface area contributed by atoms with Gasteiger partial charge in [0, 0.05) is 7.11 Å². The number of aliphatic hydroxyl groups is 1. The fourth-order valence-electron chi connectivity index (χ4n) is 4.30. The van der Waals surface area contributed by atoms with E-state index in [1.807, 2.05) is 20.8 Å². The molecular weight excluding hydrogens is 326 g/mol. The van der Waals surface area contributed by atoms with Crippen LogP contribution in [0.4, 0.5) is 0 Å². The van der Waals surface area contributed by atoms with E-state index in [9.17, 15) is 9.90 Å². The van der Waals surface area contributed by atoms with Gasteiger partial charge >= 0.3 is 5.97 Å². The molecular formula is C18H29NO6. The number of hydrogen-bond donors (Lipinski definition) is 2. The summed E-state index contributed by atoms with van der Waals surface area (Å²) < 4.78 is 22.8. The molecule has 0 aromatic rings. The van der Waals surface area contributed by atoms with Gasteiger partial charge in [0.2, 0.25) is 0 Å². The molecule has 1 aliphatic carbocycles. The van der Waals surface area contributed by atoms with Gasteiger partial charge in [0.1, 0.15) is 23.4 Å². The number of carbonyl (C=O) groups is 1. The Morgan fingerprint density at radius 1 is 1.44 bits per heavy atom. The van der Waals surface area contributed by atoms with Crippen molar-refractivity contribution in [3.05, 3.63) is 11.6 Å². The topological polar surface area (TPSA) is 107 Å². The van der Waals surface area contributed by atoms with E-state index >= 15 is 0 Å². The van der Waals surface area contributed by atoms with E-state index in [1.54, 1.807) is 0 Å². The number of rotatable bonds is 6. The summed E-state index contributed by atoms with van der Waals surface area (Å²) in [4.78, 5) is 11.7. The summed E-state index contributed by atoms with van der Waals surface area (Å²) in [6.45, 7) is 6.19. The number of hydrogen-bond acceptors (Lipinski definition) is 7. The van der Waals surface area contributed by atoms with Crippen LogP contribution in [0.15, 0.2) is 11.6 Å². The molecule has 0 radical (unpaired) electrons. The molecule has 1 spiro atoms. The van der Waals surface area contributed by atoms with Crippen LogP contribution in [-0.4, -0.2) is 66.5 Å². The number of epoxide rings is 2. The third-order valence-electron chi connectivity index (χ3n) is 5.91. The maximum Gasteiger partial charge on any atom is 0.320 e. The zero-order chi connectivity index (χ0) is 18.5. The Morgan fingerprint density at radius 2 is 2.12 bits per heavy atom. The molecule has 2 heterocycles. The predicted molar refractivity (Wildman–Crippen MR) is 89.9 cm³/mol. The van der Waals surface area contributed by atoms with Crippen LogP contribution in [0.5, 0.6) is 0 Å². The van der Waals surface area contributed by atoms with Crippen LogP contribution in [0, 0.1) is 0 Å². The van der Waals surface area contributed by atoms with Gasteiger partial charge in [-0.3, -0.25) is 4.79 Å². The summed E-state index contributed by atoms with van der Waals surface area (Å²) >= 11 is 0. The molecule has 1 saturated carbocycles. The monoisotopic (exact) mass is 355 g/mol. The van der Waals surface area contributed by atoms with E-state index in [0.29, 0.717) is 25.9 Å². The van der Waals surface area contributed by atoms with E-state index in [2.05, 4.69) is 6.08 Å². The average Bonchev–Trinajstić information content (AvgIpc) is 3.47. The zero-order valence-corrected chi connectivity index (χ0v) is 15.4. The van der Waals surface area contributed by atoms with Gasteiger partial charge in [0.25, 0.3) is 0 Å². The Labute approximate surface area is 148 Å². The van der Waals surface area contributed by atoms with E-state index in [1.165, 1.54) is 12.7 Å². The Balaban J connectivity index is 1.87. The first kappa shape index (κ1) is 18.8. The van der Waals surface area contributed by atoms with Crippen LogP contribution in [0.25, 0.3) is 0 Å². The first-order chi connectivity index (χ1) is 11.7. The van der Waals surface area contributed by atoms with E-state index in [0.717, 1.165) is 0 Å². The van der Waals surface area contributed by atoms with Gasteiger partial charge in [-0.1, -0.05) is 11.6 Å². The summed E-state index contributed by atoms with van der Waals surface area (Å²) in [6.07, 6.45) is 2.50. The van der Waals surface area contributed by atoms with Gasteiger partial charge < -0.3 is 29.8 Å². The Kier molecular flexibility index (Phi) is 4.75. The van der Waals surface area contributed by atoms with E-state index in [-0.39, 0.29) is 12.6 Å². The van der Waals surface area contributed by atoms with Crippen molar-refractivity contribution in [1.29, 1.82) is 0 Å². The van der Waals surface area contributed by atoms with Crippen molar-refractivity contribution in [2.75, 3.05) is 20.3 Å². The predicted octanol–water partition coefficient (Wildman–Crippen LogP) is 0.680. The summed E-state index contributed by atoms with van der Waals surface area (Å²) in [6, 6.07) is 0. The van der Waals surface area contributed by atoms with Crippen LogP contribution in [0.1, 0.15) is 40.0 Å². The van der Waals surface area contributed by atoms with Crippen LogP contribution < -0.4 is 5.73 Å². The van der Waals surface area contributed by atoms with Crippen LogP contribution in [0.2, 0.25) is 0 Å². The summed E-state index contributed by atoms with van der Waals surface area (Å²) in [7, 11) is 1.51. The minimum Gasteiger partial charge on any atom is -0.459 e. The fraction of sp³-hybridized carbons (Fsp3) is 0.833. The molecule has 7 heteroatoms. The number of nitrogens with two attached hydrogens (primary N) is 1. The molecule has 3 N–H and O–H groups in total. The lowest BCUT2D eigenvalue weighted by Crippen LogP contribution is -2.70. The molecule has 7 nitrogen and oxygen atoms in total. The highest BCUT2D eigenvalue weighted by molar-refractivity contribution is 5.71. The van der Waals surface area contributed by atoms with Gasteiger partial charge in [-0.2, -0.15) is 0 Å². The molecule has 3 rings (SSSR count). The third-order valence-corrected chi connectivity index (χ3v) is 5.91. The normalized spacial score (nSPS) is 45.1. The lowest BCUT2D eigenvalue weighted by atomic mass is 9.64. The highest BCUT2D eigenvalue weighted by Crippen LogP contribution is 2.62. The quantitative estimate of drug-likeness (QED) is 0.410. The van der Waals surface area contributed by atoms with Crippen LogP contribution in [-0.2, 0) is 23.7 Å². The van der Waals surface area contributed by atoms with Gasteiger partial charge in [-0.05, 0) is 40.0 Å². The zero-order valence-electron chi connectivity index (χ0n) is 15.4. The molecule has 2 saturated heterocycles. The molecule has 2 aliphatic heterocycles. The average molecular weight is 355 g/mol. The van der Waals surface area contributed by atoms with Gasteiger partial charge in [-0.25, -0.2) is 0 Å². The molecule has 0 aromatic heterocycles. The lowest BCUT2D eigenvalue weighted by Gasteiger charge is -2.49. The van der Waals surface area contributed by atoms with Crippen molar-refractivity contribution >= 4 is 5.97 Å². The molecule has 0 amide bonds. The smallest absolute Gasteiger partial charge is 0.320 e. The standard InChI is InChI=1S/C18H29NO6/c1-11(2)5-6-13-16(3,25-13)18(21)15(22-4)12(24-14(20)9-19)7-8-17(18)10-23-17/h5,12-13,15,21H,6-10,19H2,1-4H3/t12-,13?,15-,16+,17+,18+/m1/s1. The first-order valence-electron chi connectivity index (χ1n) is 8.84. The summed E-state index contributed by atoms with van der Waals surface area (Å²) in [5.41, 5.74) is 3.65. The van der Waals surface area contributed by atoms with E-state index in [4.69, 9.17) is 24.7 Å². The second kappa shape index (κ2) is 6.32. The molecule has 25 heavy (non-hydrogen) atoms. The van der Waals surface area contributed by atoms with Gasteiger partial charge in [0.15, 0.2) is 5.60 Å². The maximum absolute atomic E-state index is 11.8. The number of allylic oxidation sites excluding steroid dienone is 1.